The van der Waals surface area contributed by atoms with Crippen LogP contribution in [0.25, 0.3) is 0 Å². The molecule has 4 nitrogen and oxygen atoms in total. The molecule has 0 aliphatic rings. The van der Waals surface area contributed by atoms with Gasteiger partial charge in [0.15, 0.2) is 0 Å². The maximum atomic E-state index is 11.7. The Labute approximate surface area is 104 Å². The topological polar surface area (TPSA) is 51.2 Å². The minimum atomic E-state index is -0.0821. The lowest BCUT2D eigenvalue weighted by Crippen LogP contribution is -2.26. The van der Waals surface area contributed by atoms with E-state index in [1.807, 2.05) is 6.92 Å². The van der Waals surface area contributed by atoms with Gasteiger partial charge in [-0.1, -0.05) is 0 Å². The molecule has 0 radical (unpaired) electrons. The van der Waals surface area contributed by atoms with Gasteiger partial charge in [-0.05, 0) is 13.3 Å². The van der Waals surface area contributed by atoms with Crippen molar-refractivity contribution in [1.29, 1.82) is 0 Å². The summed E-state index contributed by atoms with van der Waals surface area (Å²) in [5, 5.41) is 2.74. The summed E-state index contributed by atoms with van der Waals surface area (Å²) in [6, 6.07) is 0. The van der Waals surface area contributed by atoms with Crippen molar-refractivity contribution in [2.75, 3.05) is 20.3 Å². The van der Waals surface area contributed by atoms with Crippen LogP contribution in [0, 0.1) is 6.92 Å². The number of thiazole rings is 1. The Bertz CT molecular complexity index is 343. The SMILES string of the molecule is COCC(Cl)CCNC(=O)c1scnc1C. The van der Waals surface area contributed by atoms with Crippen molar-refractivity contribution in [2.45, 2.75) is 18.7 Å². The molecule has 1 N–H and O–H groups in total. The van der Waals surface area contributed by atoms with Crippen molar-refractivity contribution in [1.82, 2.24) is 10.3 Å². The molecule has 0 fully saturated rings. The zero-order valence-electron chi connectivity index (χ0n) is 9.33. The van der Waals surface area contributed by atoms with Gasteiger partial charge in [-0.25, -0.2) is 4.98 Å². The van der Waals surface area contributed by atoms with Crippen molar-refractivity contribution in [3.63, 3.8) is 0 Å². The summed E-state index contributed by atoms with van der Waals surface area (Å²) in [6.07, 6.45) is 0.693. The van der Waals surface area contributed by atoms with Gasteiger partial charge in [0.05, 0.1) is 23.2 Å². The highest BCUT2D eigenvalue weighted by Crippen LogP contribution is 2.11. The molecular weight excluding hydrogens is 248 g/mol. The van der Waals surface area contributed by atoms with Crippen LogP contribution in [0.5, 0.6) is 0 Å². The van der Waals surface area contributed by atoms with Crippen LogP contribution in [0.15, 0.2) is 5.51 Å². The van der Waals surface area contributed by atoms with Crippen LogP contribution in [0.2, 0.25) is 0 Å². The molecule has 1 aromatic rings. The Morgan fingerprint density at radius 3 is 3.06 bits per heavy atom. The lowest BCUT2D eigenvalue weighted by atomic mass is 10.3. The number of aryl methyl sites for hydroxylation is 1. The Balaban J connectivity index is 2.29. The molecule has 0 bridgehead atoms. The summed E-state index contributed by atoms with van der Waals surface area (Å²) < 4.78 is 4.90. The van der Waals surface area contributed by atoms with E-state index < -0.39 is 0 Å². The normalized spacial score (nSPS) is 12.4. The van der Waals surface area contributed by atoms with Crippen LogP contribution in [-0.2, 0) is 4.74 Å². The Kier molecular flexibility index (Phi) is 5.73. The third-order valence-electron chi connectivity index (χ3n) is 2.04. The van der Waals surface area contributed by atoms with Crippen LogP contribution >= 0.6 is 22.9 Å². The van der Waals surface area contributed by atoms with Gasteiger partial charge in [0.1, 0.15) is 4.88 Å². The second kappa shape index (κ2) is 6.83. The summed E-state index contributed by atoms with van der Waals surface area (Å²) in [6.45, 7) is 2.87. The molecule has 0 saturated heterocycles. The van der Waals surface area contributed by atoms with Gasteiger partial charge >= 0.3 is 0 Å². The number of ether oxygens (including phenoxy) is 1. The minimum absolute atomic E-state index is 0.0622. The number of alkyl halides is 1. The molecule has 0 saturated carbocycles. The minimum Gasteiger partial charge on any atom is -0.383 e. The highest BCUT2D eigenvalue weighted by atomic mass is 35.5. The summed E-state index contributed by atoms with van der Waals surface area (Å²) in [7, 11) is 1.61. The maximum Gasteiger partial charge on any atom is 0.263 e. The van der Waals surface area contributed by atoms with Gasteiger partial charge in [0.25, 0.3) is 5.91 Å². The zero-order valence-corrected chi connectivity index (χ0v) is 10.9. The number of carbonyl (C=O) groups excluding carboxylic acids is 1. The maximum absolute atomic E-state index is 11.7. The zero-order chi connectivity index (χ0) is 12.0. The van der Waals surface area contributed by atoms with Gasteiger partial charge in [-0.3, -0.25) is 4.79 Å². The van der Waals surface area contributed by atoms with Crippen molar-refractivity contribution < 1.29 is 9.53 Å². The van der Waals surface area contributed by atoms with E-state index in [1.165, 1.54) is 11.3 Å². The van der Waals surface area contributed by atoms with E-state index in [0.717, 1.165) is 5.69 Å². The van der Waals surface area contributed by atoms with Crippen molar-refractivity contribution in [3.8, 4) is 0 Å². The second-order valence-electron chi connectivity index (χ2n) is 3.36. The summed E-state index contributed by atoms with van der Waals surface area (Å²) in [5.41, 5.74) is 2.43. The smallest absolute Gasteiger partial charge is 0.263 e. The van der Waals surface area contributed by atoms with Gasteiger partial charge in [0.2, 0.25) is 0 Å². The summed E-state index contributed by atoms with van der Waals surface area (Å²) in [4.78, 5) is 16.3. The predicted octanol–water partition coefficient (Wildman–Crippen LogP) is 1.83. The number of amides is 1. The van der Waals surface area contributed by atoms with E-state index in [2.05, 4.69) is 10.3 Å². The molecule has 0 aliphatic heterocycles. The van der Waals surface area contributed by atoms with E-state index in [1.54, 1.807) is 12.6 Å². The van der Waals surface area contributed by atoms with Crippen LogP contribution in [0.4, 0.5) is 0 Å². The van der Waals surface area contributed by atoms with E-state index in [0.29, 0.717) is 24.4 Å². The predicted molar refractivity (Wildman–Crippen MR) is 65.3 cm³/mol. The molecule has 0 spiro atoms. The van der Waals surface area contributed by atoms with E-state index in [4.69, 9.17) is 16.3 Å². The van der Waals surface area contributed by atoms with Crippen molar-refractivity contribution in [3.05, 3.63) is 16.1 Å². The average molecular weight is 263 g/mol. The lowest BCUT2D eigenvalue weighted by molar-refractivity contribution is 0.0955. The number of aromatic nitrogens is 1. The van der Waals surface area contributed by atoms with Crippen molar-refractivity contribution >= 4 is 28.8 Å². The van der Waals surface area contributed by atoms with Gasteiger partial charge < -0.3 is 10.1 Å². The standard InChI is InChI=1S/C10H15ClN2O2S/c1-7-9(16-6-13-7)10(14)12-4-3-8(11)5-15-2/h6,8H,3-5H2,1-2H3,(H,12,14). The van der Waals surface area contributed by atoms with Crippen molar-refractivity contribution in [2.24, 2.45) is 0 Å². The highest BCUT2D eigenvalue weighted by Gasteiger charge is 2.11. The first-order valence-corrected chi connectivity index (χ1v) is 6.28. The molecule has 1 heterocycles. The monoisotopic (exact) mass is 262 g/mol. The second-order valence-corrected chi connectivity index (χ2v) is 4.84. The summed E-state index contributed by atoms with van der Waals surface area (Å²) >= 11 is 7.28. The third-order valence-corrected chi connectivity index (χ3v) is 3.31. The van der Waals surface area contributed by atoms with E-state index in [-0.39, 0.29) is 11.3 Å². The highest BCUT2D eigenvalue weighted by molar-refractivity contribution is 7.11. The number of halogens is 1. The first-order chi connectivity index (χ1) is 7.65. The molecule has 1 aromatic heterocycles. The third kappa shape index (κ3) is 4.08. The number of methoxy groups -OCH3 is 1. The number of rotatable bonds is 6. The quantitative estimate of drug-likeness (QED) is 0.796. The molecule has 6 heteroatoms. The van der Waals surface area contributed by atoms with Gasteiger partial charge in [-0.2, -0.15) is 0 Å². The molecule has 0 aromatic carbocycles. The number of hydrogen-bond donors (Lipinski definition) is 1. The van der Waals surface area contributed by atoms with Crippen LogP contribution in [-0.4, -0.2) is 36.5 Å². The summed E-state index contributed by atoms with van der Waals surface area (Å²) in [5.74, 6) is -0.0821. The molecule has 1 unspecified atom stereocenters. The molecular formula is C10H15ClN2O2S. The average Bonchev–Trinajstić information content (AvgIpc) is 2.64. The first-order valence-electron chi connectivity index (χ1n) is 4.96. The largest absolute Gasteiger partial charge is 0.383 e. The number of hydrogen-bond acceptors (Lipinski definition) is 4. The Hall–Kier alpha value is -0.650. The Morgan fingerprint density at radius 1 is 1.75 bits per heavy atom. The molecule has 90 valence electrons. The van der Waals surface area contributed by atoms with E-state index in [9.17, 15) is 4.79 Å². The van der Waals surface area contributed by atoms with E-state index >= 15 is 0 Å². The molecule has 1 atom stereocenters. The number of nitrogens with one attached hydrogen (secondary N) is 1. The molecule has 0 aliphatic carbocycles. The number of carbonyl (C=O) groups is 1. The molecule has 1 rings (SSSR count). The fourth-order valence-corrected chi connectivity index (χ4v) is 2.16. The fourth-order valence-electron chi connectivity index (χ4n) is 1.21. The van der Waals surface area contributed by atoms with Crippen LogP contribution in [0.3, 0.4) is 0 Å². The Morgan fingerprint density at radius 2 is 2.50 bits per heavy atom. The van der Waals surface area contributed by atoms with Crippen LogP contribution < -0.4 is 5.32 Å². The first kappa shape index (κ1) is 13.4. The van der Waals surface area contributed by atoms with Gasteiger partial charge in [-0.15, -0.1) is 22.9 Å². The molecule has 16 heavy (non-hydrogen) atoms. The lowest BCUT2D eigenvalue weighted by Gasteiger charge is -2.08. The van der Waals surface area contributed by atoms with Gasteiger partial charge in [0, 0.05) is 13.7 Å². The fraction of sp³-hybridized carbons (Fsp3) is 0.600. The van der Waals surface area contributed by atoms with Crippen LogP contribution in [0.1, 0.15) is 21.8 Å². The number of nitrogens with zero attached hydrogens (tertiary/aromatic N) is 1. The molecule has 1 amide bonds.